The normalized spacial score (nSPS) is 19.7. The molecule has 0 saturated carbocycles. The highest BCUT2D eigenvalue weighted by atomic mass is 16.2. The molecule has 8 nitrogen and oxygen atoms in total. The van der Waals surface area contributed by atoms with E-state index in [0.29, 0.717) is 41.8 Å². The van der Waals surface area contributed by atoms with Gasteiger partial charge in [0.05, 0.1) is 11.6 Å². The lowest BCUT2D eigenvalue weighted by Gasteiger charge is -2.29. The highest BCUT2D eigenvalue weighted by Gasteiger charge is 2.39. The number of rotatable bonds is 2. The van der Waals surface area contributed by atoms with E-state index in [0.717, 1.165) is 11.1 Å². The molecule has 1 fully saturated rings. The van der Waals surface area contributed by atoms with Gasteiger partial charge in [0.1, 0.15) is 6.04 Å². The lowest BCUT2D eigenvalue weighted by Crippen LogP contribution is -2.52. The third-order valence-electron chi connectivity index (χ3n) is 6.16. The van der Waals surface area contributed by atoms with Gasteiger partial charge in [-0.15, -0.1) is 0 Å². The van der Waals surface area contributed by atoms with E-state index < -0.39 is 11.9 Å². The fourth-order valence-electron chi connectivity index (χ4n) is 4.56. The van der Waals surface area contributed by atoms with Crippen LogP contribution in [0.5, 0.6) is 0 Å². The fourth-order valence-corrected chi connectivity index (χ4v) is 4.56. The van der Waals surface area contributed by atoms with Gasteiger partial charge in [0.25, 0.3) is 11.8 Å². The molecule has 8 heteroatoms. The number of nitrogens with one attached hydrogen (secondary N) is 1. The topological polar surface area (TPSA) is 111 Å². The predicted octanol–water partition coefficient (Wildman–Crippen LogP) is 1.48. The third-order valence-corrected chi connectivity index (χ3v) is 6.16. The van der Waals surface area contributed by atoms with Crippen LogP contribution >= 0.6 is 0 Å². The summed E-state index contributed by atoms with van der Waals surface area (Å²) in [5, 5.41) is 11.6. The van der Waals surface area contributed by atoms with Crippen molar-refractivity contribution < 1.29 is 19.2 Å². The van der Waals surface area contributed by atoms with Gasteiger partial charge < -0.3 is 9.80 Å². The average molecular weight is 414 g/mol. The highest BCUT2D eigenvalue weighted by Crippen LogP contribution is 2.30. The standard InChI is InChI=1S/C23H18N4O4/c24-9-14-2-1-3-15-10-26(12-18(14)15)22(30)13-4-5-17-16(8-13)11-27(23(17)31)19-6-7-20(28)25-21(19)29/h1-5,8,19H,6-7,10-12H2,(H,25,28,29). The minimum Gasteiger partial charge on any atom is -0.330 e. The number of carbonyl (C=O) groups is 4. The molecule has 3 heterocycles. The van der Waals surface area contributed by atoms with Gasteiger partial charge in [-0.25, -0.2) is 0 Å². The lowest BCUT2D eigenvalue weighted by atomic mass is 10.0. The smallest absolute Gasteiger partial charge is 0.255 e. The number of nitrogens with zero attached hydrogens (tertiary/aromatic N) is 3. The van der Waals surface area contributed by atoms with Crippen LogP contribution < -0.4 is 5.32 Å². The maximum atomic E-state index is 13.1. The van der Waals surface area contributed by atoms with Crippen LogP contribution in [0.3, 0.4) is 0 Å². The number of carbonyl (C=O) groups excluding carboxylic acids is 4. The van der Waals surface area contributed by atoms with Crippen LogP contribution in [0.15, 0.2) is 36.4 Å². The third kappa shape index (κ3) is 3.06. The molecule has 1 saturated heterocycles. The number of piperidine rings is 1. The molecule has 0 aliphatic carbocycles. The molecule has 4 amide bonds. The van der Waals surface area contributed by atoms with Gasteiger partial charge >= 0.3 is 0 Å². The SMILES string of the molecule is N#Cc1cccc2c1CN(C(=O)c1ccc3c(c1)CN(C1CCC(=O)NC1=O)C3=O)C2. The van der Waals surface area contributed by atoms with Crippen LogP contribution in [0.4, 0.5) is 0 Å². The van der Waals surface area contributed by atoms with E-state index in [4.69, 9.17) is 0 Å². The fraction of sp³-hybridized carbons (Fsp3) is 0.261. The summed E-state index contributed by atoms with van der Waals surface area (Å²) in [5.74, 6) is -1.23. The van der Waals surface area contributed by atoms with Crippen LogP contribution in [-0.4, -0.2) is 39.5 Å². The van der Waals surface area contributed by atoms with E-state index in [2.05, 4.69) is 11.4 Å². The Kier molecular flexibility index (Phi) is 4.33. The number of benzene rings is 2. The van der Waals surface area contributed by atoms with E-state index in [9.17, 15) is 24.4 Å². The van der Waals surface area contributed by atoms with Crippen molar-refractivity contribution in [2.75, 3.05) is 0 Å². The average Bonchev–Trinajstić information content (AvgIpc) is 3.34. The Morgan fingerprint density at radius 1 is 1.06 bits per heavy atom. The quantitative estimate of drug-likeness (QED) is 0.749. The molecule has 31 heavy (non-hydrogen) atoms. The van der Waals surface area contributed by atoms with Crippen molar-refractivity contribution in [2.24, 2.45) is 0 Å². The Hall–Kier alpha value is -3.99. The second-order valence-electron chi connectivity index (χ2n) is 7.99. The molecule has 0 aromatic heterocycles. The maximum absolute atomic E-state index is 13.1. The molecular formula is C23H18N4O4. The van der Waals surface area contributed by atoms with E-state index in [-0.39, 0.29) is 30.7 Å². The molecular weight excluding hydrogens is 396 g/mol. The first-order valence-electron chi connectivity index (χ1n) is 10.0. The zero-order valence-corrected chi connectivity index (χ0v) is 16.6. The van der Waals surface area contributed by atoms with Gasteiger partial charge in [0.15, 0.2) is 0 Å². The largest absolute Gasteiger partial charge is 0.330 e. The number of imide groups is 1. The first kappa shape index (κ1) is 19.0. The Balaban J connectivity index is 1.36. The molecule has 3 aliphatic heterocycles. The van der Waals surface area contributed by atoms with Gasteiger partial charge in [-0.2, -0.15) is 5.26 Å². The summed E-state index contributed by atoms with van der Waals surface area (Å²) in [4.78, 5) is 52.7. The Morgan fingerprint density at radius 3 is 2.68 bits per heavy atom. The summed E-state index contributed by atoms with van der Waals surface area (Å²) in [5.41, 5.74) is 4.04. The first-order valence-corrected chi connectivity index (χ1v) is 10.0. The summed E-state index contributed by atoms with van der Waals surface area (Å²) < 4.78 is 0. The summed E-state index contributed by atoms with van der Waals surface area (Å²) in [6.07, 6.45) is 0.490. The van der Waals surface area contributed by atoms with Crippen molar-refractivity contribution in [1.82, 2.24) is 15.1 Å². The van der Waals surface area contributed by atoms with Crippen LogP contribution in [0.1, 0.15) is 55.8 Å². The van der Waals surface area contributed by atoms with Gasteiger partial charge in [-0.05, 0) is 47.4 Å². The van der Waals surface area contributed by atoms with Crippen molar-refractivity contribution in [1.29, 1.82) is 5.26 Å². The monoisotopic (exact) mass is 414 g/mol. The van der Waals surface area contributed by atoms with Gasteiger partial charge in [0.2, 0.25) is 11.8 Å². The summed E-state index contributed by atoms with van der Waals surface area (Å²) >= 11 is 0. The van der Waals surface area contributed by atoms with Gasteiger partial charge in [0, 0.05) is 37.2 Å². The summed E-state index contributed by atoms with van der Waals surface area (Å²) in [6.45, 7) is 1.03. The molecule has 2 aromatic rings. The Labute approximate surface area is 178 Å². The van der Waals surface area contributed by atoms with Crippen molar-refractivity contribution in [3.63, 3.8) is 0 Å². The van der Waals surface area contributed by atoms with Gasteiger partial charge in [-0.1, -0.05) is 12.1 Å². The van der Waals surface area contributed by atoms with E-state index in [1.807, 2.05) is 12.1 Å². The lowest BCUT2D eigenvalue weighted by molar-refractivity contribution is -0.136. The van der Waals surface area contributed by atoms with E-state index in [1.165, 1.54) is 4.90 Å². The van der Waals surface area contributed by atoms with Crippen molar-refractivity contribution in [2.45, 2.75) is 38.5 Å². The molecule has 1 atom stereocenters. The minimum atomic E-state index is -0.686. The van der Waals surface area contributed by atoms with E-state index in [1.54, 1.807) is 29.2 Å². The van der Waals surface area contributed by atoms with Crippen molar-refractivity contribution >= 4 is 23.6 Å². The number of amides is 4. The summed E-state index contributed by atoms with van der Waals surface area (Å²) in [7, 11) is 0. The van der Waals surface area contributed by atoms with Crippen LogP contribution in [0, 0.1) is 11.3 Å². The molecule has 1 unspecified atom stereocenters. The zero-order valence-electron chi connectivity index (χ0n) is 16.6. The number of hydrogen-bond acceptors (Lipinski definition) is 5. The molecule has 154 valence electrons. The highest BCUT2D eigenvalue weighted by molar-refractivity contribution is 6.06. The minimum absolute atomic E-state index is 0.171. The van der Waals surface area contributed by atoms with Crippen LogP contribution in [0.2, 0.25) is 0 Å². The predicted molar refractivity (Wildman–Crippen MR) is 107 cm³/mol. The number of hydrogen-bond donors (Lipinski definition) is 1. The molecule has 0 bridgehead atoms. The molecule has 0 radical (unpaired) electrons. The molecule has 2 aromatic carbocycles. The Morgan fingerprint density at radius 2 is 1.90 bits per heavy atom. The van der Waals surface area contributed by atoms with Crippen molar-refractivity contribution in [3.8, 4) is 6.07 Å². The van der Waals surface area contributed by atoms with Gasteiger partial charge in [-0.3, -0.25) is 24.5 Å². The molecule has 5 rings (SSSR count). The number of fused-ring (bicyclic) bond motifs is 2. The van der Waals surface area contributed by atoms with Crippen molar-refractivity contribution in [3.05, 3.63) is 69.8 Å². The van der Waals surface area contributed by atoms with Crippen LogP contribution in [0.25, 0.3) is 0 Å². The summed E-state index contributed by atoms with van der Waals surface area (Å²) in [6, 6.07) is 11.9. The van der Waals surface area contributed by atoms with Crippen LogP contribution in [-0.2, 0) is 29.2 Å². The molecule has 3 aliphatic rings. The molecule has 0 spiro atoms. The van der Waals surface area contributed by atoms with E-state index >= 15 is 0 Å². The zero-order chi connectivity index (χ0) is 21.7. The maximum Gasteiger partial charge on any atom is 0.255 e. The Bertz CT molecular complexity index is 1210. The first-order chi connectivity index (χ1) is 15.0. The second-order valence-corrected chi connectivity index (χ2v) is 7.99. The number of nitriles is 1. The second kappa shape index (κ2) is 7.06. The molecule has 1 N–H and O–H groups in total.